The van der Waals surface area contributed by atoms with Gasteiger partial charge in [0.25, 0.3) is 0 Å². The number of fused-ring (bicyclic) bond motifs is 11. The number of hydrogen-bond acceptors (Lipinski definition) is 1. The fourth-order valence-electron chi connectivity index (χ4n) is 8.11. The van der Waals surface area contributed by atoms with E-state index < -0.39 is 0 Å². The molecule has 3 heteroatoms. The highest BCUT2D eigenvalue weighted by molar-refractivity contribution is 6.19. The Labute approximate surface area is 281 Å². The van der Waals surface area contributed by atoms with Gasteiger partial charge in [-0.15, -0.1) is 0 Å². The Morgan fingerprint density at radius 3 is 1.78 bits per heavy atom. The van der Waals surface area contributed by atoms with Crippen molar-refractivity contribution in [3.63, 3.8) is 0 Å². The molecular formula is C46H28N2O. The number of nitrogens with zero attached hydrogens (tertiary/aromatic N) is 2. The lowest BCUT2D eigenvalue weighted by Crippen LogP contribution is -1.94. The molecule has 228 valence electrons. The largest absolute Gasteiger partial charge is 0.456 e. The predicted molar refractivity (Wildman–Crippen MR) is 205 cm³/mol. The summed E-state index contributed by atoms with van der Waals surface area (Å²) in [4.78, 5) is 0. The van der Waals surface area contributed by atoms with Crippen LogP contribution in [-0.4, -0.2) is 9.13 Å². The van der Waals surface area contributed by atoms with E-state index in [1.54, 1.807) is 0 Å². The van der Waals surface area contributed by atoms with Crippen LogP contribution in [0.4, 0.5) is 0 Å². The van der Waals surface area contributed by atoms with Crippen molar-refractivity contribution in [2.24, 2.45) is 0 Å². The molecule has 0 atom stereocenters. The monoisotopic (exact) mass is 624 g/mol. The molecule has 3 heterocycles. The molecule has 0 amide bonds. The van der Waals surface area contributed by atoms with Crippen LogP contribution in [0.25, 0.3) is 98.8 Å². The van der Waals surface area contributed by atoms with Gasteiger partial charge in [-0.3, -0.25) is 0 Å². The first-order chi connectivity index (χ1) is 24.3. The van der Waals surface area contributed by atoms with Crippen molar-refractivity contribution in [3.05, 3.63) is 170 Å². The number of aromatic nitrogens is 2. The summed E-state index contributed by atoms with van der Waals surface area (Å²) in [6.45, 7) is 0. The molecule has 0 spiro atoms. The van der Waals surface area contributed by atoms with Gasteiger partial charge in [0.05, 0.1) is 22.1 Å². The molecule has 11 rings (SSSR count). The summed E-state index contributed by atoms with van der Waals surface area (Å²) in [6.07, 6.45) is 0. The molecule has 0 bridgehead atoms. The second-order valence-electron chi connectivity index (χ2n) is 12.9. The zero-order valence-electron chi connectivity index (χ0n) is 26.5. The minimum atomic E-state index is 0.902. The molecule has 0 radical (unpaired) electrons. The number of furan rings is 1. The van der Waals surface area contributed by atoms with Gasteiger partial charge in [0.2, 0.25) is 0 Å². The van der Waals surface area contributed by atoms with Crippen molar-refractivity contribution in [3.8, 4) is 22.5 Å². The molecule has 49 heavy (non-hydrogen) atoms. The van der Waals surface area contributed by atoms with Crippen LogP contribution in [-0.2, 0) is 0 Å². The minimum Gasteiger partial charge on any atom is -0.456 e. The van der Waals surface area contributed by atoms with Gasteiger partial charge >= 0.3 is 0 Å². The van der Waals surface area contributed by atoms with E-state index in [0.29, 0.717) is 0 Å². The van der Waals surface area contributed by atoms with Gasteiger partial charge < -0.3 is 13.6 Å². The van der Waals surface area contributed by atoms with Crippen LogP contribution < -0.4 is 0 Å². The SMILES string of the molecule is c1ccc(-n2c3ccccc3c3cc(-c4ccc5c6ccccc6n(-c6ccc7oc8ccc9ccccc9c8c7c6)c5c4)ccc32)cc1. The number of para-hydroxylation sites is 3. The molecule has 0 aliphatic heterocycles. The van der Waals surface area contributed by atoms with Crippen LogP contribution in [0.1, 0.15) is 0 Å². The fraction of sp³-hybridized carbons (Fsp3) is 0. The summed E-state index contributed by atoms with van der Waals surface area (Å²) < 4.78 is 11.2. The quantitative estimate of drug-likeness (QED) is 0.192. The topological polar surface area (TPSA) is 23.0 Å². The third kappa shape index (κ3) is 3.78. The van der Waals surface area contributed by atoms with E-state index in [2.05, 4.69) is 179 Å². The summed E-state index contributed by atoms with van der Waals surface area (Å²) in [6, 6.07) is 61.3. The fourth-order valence-corrected chi connectivity index (χ4v) is 8.11. The average molecular weight is 625 g/mol. The van der Waals surface area contributed by atoms with Crippen molar-refractivity contribution in [1.29, 1.82) is 0 Å². The molecule has 3 nitrogen and oxygen atoms in total. The van der Waals surface area contributed by atoms with E-state index in [4.69, 9.17) is 4.42 Å². The third-order valence-electron chi connectivity index (χ3n) is 10.3. The van der Waals surface area contributed by atoms with Gasteiger partial charge in [0.15, 0.2) is 0 Å². The summed E-state index contributed by atoms with van der Waals surface area (Å²) in [5.74, 6) is 0. The maximum absolute atomic E-state index is 6.37. The summed E-state index contributed by atoms with van der Waals surface area (Å²) in [7, 11) is 0. The van der Waals surface area contributed by atoms with Crippen molar-refractivity contribution < 1.29 is 4.42 Å². The zero-order valence-corrected chi connectivity index (χ0v) is 26.5. The van der Waals surface area contributed by atoms with E-state index in [1.165, 1.54) is 76.6 Å². The van der Waals surface area contributed by atoms with Gasteiger partial charge in [0.1, 0.15) is 11.2 Å². The standard InChI is InChI=1S/C46H28N2O/c1-2-11-32(12-3-1)47-41-17-9-7-15-36(41)38-26-30(19-23-42(38)47)31-18-22-37-35-14-6-8-16-40(35)48(43(37)27-31)33-21-25-44-39(28-33)46-34-13-5-4-10-29(34)20-24-45(46)49-44/h1-28H. The second kappa shape index (κ2) is 9.96. The first-order valence-electron chi connectivity index (χ1n) is 16.8. The van der Waals surface area contributed by atoms with Crippen LogP contribution in [0, 0.1) is 0 Å². The van der Waals surface area contributed by atoms with Crippen LogP contribution in [0.3, 0.4) is 0 Å². The molecule has 11 aromatic rings. The van der Waals surface area contributed by atoms with Crippen molar-refractivity contribution >= 4 is 76.3 Å². The van der Waals surface area contributed by atoms with E-state index in [-0.39, 0.29) is 0 Å². The van der Waals surface area contributed by atoms with Gasteiger partial charge in [-0.2, -0.15) is 0 Å². The summed E-state index contributed by atoms with van der Waals surface area (Å²) in [5.41, 5.74) is 11.3. The van der Waals surface area contributed by atoms with E-state index in [1.807, 2.05) is 0 Å². The molecular weight excluding hydrogens is 597 g/mol. The van der Waals surface area contributed by atoms with Crippen LogP contribution in [0.15, 0.2) is 174 Å². The Kier molecular flexibility index (Phi) is 5.38. The van der Waals surface area contributed by atoms with Gasteiger partial charge in [0, 0.05) is 43.7 Å². The molecule has 0 aliphatic carbocycles. The van der Waals surface area contributed by atoms with Crippen molar-refractivity contribution in [2.45, 2.75) is 0 Å². The lowest BCUT2D eigenvalue weighted by molar-refractivity contribution is 0.669. The Morgan fingerprint density at radius 2 is 0.939 bits per heavy atom. The Balaban J connectivity index is 1.15. The molecule has 0 aliphatic rings. The minimum absolute atomic E-state index is 0.902. The Hall–Kier alpha value is -6.58. The maximum Gasteiger partial charge on any atom is 0.136 e. The number of benzene rings is 8. The zero-order chi connectivity index (χ0) is 32.1. The summed E-state index contributed by atoms with van der Waals surface area (Å²) >= 11 is 0. The Morgan fingerprint density at radius 1 is 0.327 bits per heavy atom. The highest BCUT2D eigenvalue weighted by Crippen LogP contribution is 2.40. The molecule has 0 saturated heterocycles. The van der Waals surface area contributed by atoms with Crippen molar-refractivity contribution in [2.75, 3.05) is 0 Å². The predicted octanol–water partition coefficient (Wildman–Crippen LogP) is 12.6. The normalized spacial score (nSPS) is 12.1. The second-order valence-corrected chi connectivity index (χ2v) is 12.9. The van der Waals surface area contributed by atoms with Crippen LogP contribution in [0.2, 0.25) is 0 Å². The maximum atomic E-state index is 6.37. The third-order valence-corrected chi connectivity index (χ3v) is 10.3. The van der Waals surface area contributed by atoms with Gasteiger partial charge in [-0.05, 0) is 88.6 Å². The van der Waals surface area contributed by atoms with Gasteiger partial charge in [-0.1, -0.05) is 103 Å². The van der Waals surface area contributed by atoms with E-state index >= 15 is 0 Å². The van der Waals surface area contributed by atoms with Crippen molar-refractivity contribution in [1.82, 2.24) is 9.13 Å². The molecule has 0 fully saturated rings. The molecule has 3 aromatic heterocycles. The first kappa shape index (κ1) is 26.5. The Bertz CT molecular complexity index is 3100. The highest BCUT2D eigenvalue weighted by atomic mass is 16.3. The smallest absolute Gasteiger partial charge is 0.136 e. The van der Waals surface area contributed by atoms with Crippen LogP contribution in [0.5, 0.6) is 0 Å². The molecule has 0 unspecified atom stereocenters. The average Bonchev–Trinajstić information content (AvgIpc) is 3.82. The lowest BCUT2D eigenvalue weighted by atomic mass is 10.0. The lowest BCUT2D eigenvalue weighted by Gasteiger charge is -2.10. The van der Waals surface area contributed by atoms with Gasteiger partial charge in [-0.25, -0.2) is 0 Å². The van der Waals surface area contributed by atoms with E-state index in [0.717, 1.165) is 22.2 Å². The van der Waals surface area contributed by atoms with E-state index in [9.17, 15) is 0 Å². The first-order valence-corrected chi connectivity index (χ1v) is 16.8. The highest BCUT2D eigenvalue weighted by Gasteiger charge is 2.18. The number of hydrogen-bond donors (Lipinski definition) is 0. The summed E-state index contributed by atoms with van der Waals surface area (Å²) in [5, 5.41) is 9.72. The molecule has 8 aromatic carbocycles. The van der Waals surface area contributed by atoms with Crippen LogP contribution >= 0.6 is 0 Å². The molecule has 0 saturated carbocycles. The molecule has 0 N–H and O–H groups in total. The number of rotatable bonds is 3.